The standard InChI is InChI=1S/C16H20F4N2O/c1-15(2,17)11-6-10(7-12(8-11)16(18,19)20)14(23)22-9-13-4-3-5-21-13/h6-8,13,21H,3-5,9H2,1-2H3,(H,22,23)/t13-/m1/s1. The second-order valence-electron chi connectivity index (χ2n) is 6.27. The normalized spacial score (nSPS) is 19.0. The molecule has 0 aliphatic carbocycles. The average Bonchev–Trinajstić information content (AvgIpc) is 2.95. The molecular weight excluding hydrogens is 312 g/mol. The molecule has 1 atom stereocenters. The van der Waals surface area contributed by atoms with E-state index >= 15 is 0 Å². The number of hydrogen-bond acceptors (Lipinski definition) is 2. The lowest BCUT2D eigenvalue weighted by Crippen LogP contribution is -2.37. The molecule has 0 radical (unpaired) electrons. The molecule has 1 saturated heterocycles. The molecule has 1 amide bonds. The fourth-order valence-corrected chi connectivity index (χ4v) is 2.51. The highest BCUT2D eigenvalue weighted by molar-refractivity contribution is 5.94. The number of carbonyl (C=O) groups is 1. The van der Waals surface area contributed by atoms with Gasteiger partial charge in [-0.2, -0.15) is 13.2 Å². The number of hydrogen-bond donors (Lipinski definition) is 2. The largest absolute Gasteiger partial charge is 0.416 e. The summed E-state index contributed by atoms with van der Waals surface area (Å²) in [4.78, 5) is 12.1. The smallest absolute Gasteiger partial charge is 0.350 e. The van der Waals surface area contributed by atoms with E-state index in [0.29, 0.717) is 6.54 Å². The molecule has 1 aromatic rings. The lowest BCUT2D eigenvalue weighted by Gasteiger charge is -2.19. The number of amides is 1. The van der Waals surface area contributed by atoms with Gasteiger partial charge in [0.25, 0.3) is 5.91 Å². The van der Waals surface area contributed by atoms with Gasteiger partial charge in [0, 0.05) is 18.2 Å². The molecule has 1 fully saturated rings. The fourth-order valence-electron chi connectivity index (χ4n) is 2.51. The second-order valence-corrected chi connectivity index (χ2v) is 6.27. The lowest BCUT2D eigenvalue weighted by atomic mass is 9.95. The van der Waals surface area contributed by atoms with Crippen molar-refractivity contribution in [2.75, 3.05) is 13.1 Å². The quantitative estimate of drug-likeness (QED) is 0.830. The summed E-state index contributed by atoms with van der Waals surface area (Å²) in [6, 6.07) is 2.80. The van der Waals surface area contributed by atoms with Crippen molar-refractivity contribution < 1.29 is 22.4 Å². The molecule has 23 heavy (non-hydrogen) atoms. The maximum atomic E-state index is 14.1. The Hall–Kier alpha value is -1.63. The predicted molar refractivity (Wildman–Crippen MR) is 78.9 cm³/mol. The third kappa shape index (κ3) is 4.67. The first-order valence-electron chi connectivity index (χ1n) is 7.50. The SMILES string of the molecule is CC(C)(F)c1cc(C(=O)NC[C@H]2CCCN2)cc(C(F)(F)F)c1. The zero-order valence-electron chi connectivity index (χ0n) is 13.1. The number of rotatable bonds is 4. The van der Waals surface area contributed by atoms with Crippen LogP contribution in [0.5, 0.6) is 0 Å². The van der Waals surface area contributed by atoms with Crippen LogP contribution in [0.25, 0.3) is 0 Å². The summed E-state index contributed by atoms with van der Waals surface area (Å²) in [6.45, 7) is 3.52. The van der Waals surface area contributed by atoms with Crippen LogP contribution < -0.4 is 10.6 Å². The van der Waals surface area contributed by atoms with Crippen LogP contribution in [0.2, 0.25) is 0 Å². The van der Waals surface area contributed by atoms with Gasteiger partial charge in [-0.1, -0.05) is 0 Å². The van der Waals surface area contributed by atoms with Crippen molar-refractivity contribution in [3.63, 3.8) is 0 Å². The van der Waals surface area contributed by atoms with E-state index in [0.717, 1.165) is 45.4 Å². The topological polar surface area (TPSA) is 41.1 Å². The molecule has 128 valence electrons. The third-order valence-corrected chi connectivity index (χ3v) is 3.88. The number of benzene rings is 1. The van der Waals surface area contributed by atoms with Gasteiger partial charge in [-0.25, -0.2) is 4.39 Å². The summed E-state index contributed by atoms with van der Waals surface area (Å²) < 4.78 is 53.0. The molecule has 0 saturated carbocycles. The van der Waals surface area contributed by atoms with Crippen molar-refractivity contribution >= 4 is 5.91 Å². The lowest BCUT2D eigenvalue weighted by molar-refractivity contribution is -0.137. The molecule has 1 aliphatic rings. The Labute approximate surface area is 132 Å². The van der Waals surface area contributed by atoms with Crippen LogP contribution in [-0.2, 0) is 11.8 Å². The minimum atomic E-state index is -4.64. The number of halogens is 4. The van der Waals surface area contributed by atoms with Crippen LogP contribution in [0.1, 0.15) is 48.2 Å². The van der Waals surface area contributed by atoms with E-state index in [9.17, 15) is 22.4 Å². The molecule has 7 heteroatoms. The monoisotopic (exact) mass is 332 g/mol. The second kappa shape index (κ2) is 6.47. The van der Waals surface area contributed by atoms with Gasteiger partial charge < -0.3 is 10.6 Å². The summed E-state index contributed by atoms with van der Waals surface area (Å²) in [5.74, 6) is -0.629. The van der Waals surface area contributed by atoms with Gasteiger partial charge in [0.05, 0.1) is 5.56 Å². The van der Waals surface area contributed by atoms with E-state index in [1.165, 1.54) is 6.07 Å². The number of carbonyl (C=O) groups excluding carboxylic acids is 1. The van der Waals surface area contributed by atoms with Crippen LogP contribution >= 0.6 is 0 Å². The number of alkyl halides is 4. The Bertz CT molecular complexity index is 540. The maximum Gasteiger partial charge on any atom is 0.416 e. The summed E-state index contributed by atoms with van der Waals surface area (Å²) in [5.41, 5.74) is -3.34. The molecule has 0 unspecified atom stereocenters. The zero-order valence-corrected chi connectivity index (χ0v) is 13.1. The van der Waals surface area contributed by atoms with Gasteiger partial charge in [0.2, 0.25) is 0 Å². The molecular formula is C16H20F4N2O. The van der Waals surface area contributed by atoms with Crippen molar-refractivity contribution in [2.24, 2.45) is 0 Å². The zero-order chi connectivity index (χ0) is 17.3. The first kappa shape index (κ1) is 17.7. The van der Waals surface area contributed by atoms with Crippen molar-refractivity contribution in [3.05, 3.63) is 34.9 Å². The van der Waals surface area contributed by atoms with E-state index in [1.807, 2.05) is 0 Å². The molecule has 0 aromatic heterocycles. The van der Waals surface area contributed by atoms with E-state index in [4.69, 9.17) is 0 Å². The summed E-state index contributed by atoms with van der Waals surface area (Å²) in [6.07, 6.45) is -2.72. The molecule has 2 N–H and O–H groups in total. The predicted octanol–water partition coefficient (Wildman–Crippen LogP) is 3.39. The van der Waals surface area contributed by atoms with Gasteiger partial charge in [-0.15, -0.1) is 0 Å². The number of nitrogens with one attached hydrogen (secondary N) is 2. The average molecular weight is 332 g/mol. The maximum absolute atomic E-state index is 14.1. The van der Waals surface area contributed by atoms with E-state index in [1.54, 1.807) is 0 Å². The van der Waals surface area contributed by atoms with Crippen molar-refractivity contribution in [3.8, 4) is 0 Å². The summed E-state index contributed by atoms with van der Waals surface area (Å²) in [7, 11) is 0. The fraction of sp³-hybridized carbons (Fsp3) is 0.562. The highest BCUT2D eigenvalue weighted by Crippen LogP contribution is 2.34. The van der Waals surface area contributed by atoms with E-state index in [-0.39, 0.29) is 17.2 Å². The first-order chi connectivity index (χ1) is 10.6. The highest BCUT2D eigenvalue weighted by atomic mass is 19.4. The van der Waals surface area contributed by atoms with Gasteiger partial charge in [-0.05, 0) is 57.0 Å². The first-order valence-corrected chi connectivity index (χ1v) is 7.50. The highest BCUT2D eigenvalue weighted by Gasteiger charge is 2.33. The summed E-state index contributed by atoms with van der Waals surface area (Å²) in [5, 5.41) is 5.79. The third-order valence-electron chi connectivity index (χ3n) is 3.88. The Balaban J connectivity index is 2.23. The van der Waals surface area contributed by atoms with Crippen LogP contribution in [0.4, 0.5) is 17.6 Å². The molecule has 1 aliphatic heterocycles. The molecule has 1 aromatic carbocycles. The van der Waals surface area contributed by atoms with E-state index < -0.39 is 23.3 Å². The summed E-state index contributed by atoms with van der Waals surface area (Å²) >= 11 is 0. The Kier molecular flexibility index (Phi) is 4.98. The van der Waals surface area contributed by atoms with Crippen LogP contribution in [0.3, 0.4) is 0 Å². The van der Waals surface area contributed by atoms with Gasteiger partial charge in [0.15, 0.2) is 0 Å². The van der Waals surface area contributed by atoms with Crippen LogP contribution in [0, 0.1) is 0 Å². The Morgan fingerprint density at radius 2 is 1.87 bits per heavy atom. The molecule has 3 nitrogen and oxygen atoms in total. The molecule has 0 spiro atoms. The molecule has 2 rings (SSSR count). The molecule has 0 bridgehead atoms. The minimum Gasteiger partial charge on any atom is -0.350 e. The van der Waals surface area contributed by atoms with Gasteiger partial charge >= 0.3 is 6.18 Å². The van der Waals surface area contributed by atoms with Crippen molar-refractivity contribution in [1.29, 1.82) is 0 Å². The minimum absolute atomic E-state index is 0.127. The van der Waals surface area contributed by atoms with Crippen LogP contribution in [0.15, 0.2) is 18.2 Å². The van der Waals surface area contributed by atoms with Crippen LogP contribution in [-0.4, -0.2) is 25.0 Å². The molecule has 1 heterocycles. The van der Waals surface area contributed by atoms with Gasteiger partial charge in [-0.3, -0.25) is 4.79 Å². The Morgan fingerprint density at radius 3 is 2.39 bits per heavy atom. The van der Waals surface area contributed by atoms with Crippen molar-refractivity contribution in [1.82, 2.24) is 10.6 Å². The van der Waals surface area contributed by atoms with Crippen molar-refractivity contribution in [2.45, 2.75) is 44.6 Å². The van der Waals surface area contributed by atoms with Gasteiger partial charge in [0.1, 0.15) is 5.67 Å². The Morgan fingerprint density at radius 1 is 1.22 bits per heavy atom. The van der Waals surface area contributed by atoms with E-state index in [2.05, 4.69) is 10.6 Å².